The van der Waals surface area contributed by atoms with Crippen LogP contribution in [0.3, 0.4) is 0 Å². The molecule has 0 spiro atoms. The van der Waals surface area contributed by atoms with Crippen molar-refractivity contribution in [2.45, 2.75) is 37.0 Å². The van der Waals surface area contributed by atoms with Crippen molar-refractivity contribution in [3.8, 4) is 0 Å². The van der Waals surface area contributed by atoms with Crippen molar-refractivity contribution in [2.24, 2.45) is 0 Å². The summed E-state index contributed by atoms with van der Waals surface area (Å²) in [5.74, 6) is 0.371. The third kappa shape index (κ3) is 6.02. The lowest BCUT2D eigenvalue weighted by molar-refractivity contribution is -0.147. The normalized spacial score (nSPS) is 10.6. The number of carbonyl (C=O) groups excluding carboxylic acids is 2. The van der Waals surface area contributed by atoms with E-state index < -0.39 is 0 Å². The molecule has 1 heterocycles. The molecule has 6 heteroatoms. The molecule has 0 aliphatic heterocycles. The van der Waals surface area contributed by atoms with Gasteiger partial charge in [-0.25, -0.2) is 0 Å². The van der Waals surface area contributed by atoms with E-state index in [1.807, 2.05) is 29.6 Å². The van der Waals surface area contributed by atoms with E-state index in [1.54, 1.807) is 43.0 Å². The molecule has 1 amide bonds. The second-order valence-electron chi connectivity index (χ2n) is 5.41. The number of hydrogen-bond donors (Lipinski definition) is 1. The Morgan fingerprint density at radius 1 is 1.21 bits per heavy atom. The van der Waals surface area contributed by atoms with Crippen LogP contribution in [0, 0.1) is 0 Å². The number of carbonyl (C=O) groups is 2. The van der Waals surface area contributed by atoms with Crippen molar-refractivity contribution in [1.82, 2.24) is 5.32 Å². The Kier molecular flexibility index (Phi) is 7.34. The van der Waals surface area contributed by atoms with Gasteiger partial charge in [0, 0.05) is 22.1 Å². The molecule has 1 aromatic heterocycles. The molecule has 2 rings (SSSR count). The zero-order chi connectivity index (χ0) is 17.4. The molecule has 0 atom stereocenters. The highest BCUT2D eigenvalue weighted by molar-refractivity contribution is 7.98. The molecule has 24 heavy (non-hydrogen) atoms. The summed E-state index contributed by atoms with van der Waals surface area (Å²) in [5, 5.41) is 4.83. The van der Waals surface area contributed by atoms with Gasteiger partial charge in [-0.3, -0.25) is 9.59 Å². The van der Waals surface area contributed by atoms with Gasteiger partial charge in [0.05, 0.1) is 18.1 Å². The first kappa shape index (κ1) is 18.5. The first-order valence-electron chi connectivity index (χ1n) is 7.78. The van der Waals surface area contributed by atoms with Crippen LogP contribution >= 0.6 is 23.1 Å². The quantitative estimate of drug-likeness (QED) is 0.566. The Labute approximate surface area is 150 Å². The topological polar surface area (TPSA) is 55.4 Å². The largest absolute Gasteiger partial charge is 0.463 e. The summed E-state index contributed by atoms with van der Waals surface area (Å²) in [6.07, 6.45) is 0.0385. The first-order chi connectivity index (χ1) is 11.6. The summed E-state index contributed by atoms with van der Waals surface area (Å²) < 4.78 is 5.05. The summed E-state index contributed by atoms with van der Waals surface area (Å²) in [7, 11) is 0. The number of benzene rings is 1. The molecular formula is C18H21NO3S2. The molecular weight excluding hydrogens is 342 g/mol. The maximum Gasteiger partial charge on any atom is 0.307 e. The Balaban J connectivity index is 1.88. The molecule has 1 N–H and O–H groups in total. The van der Waals surface area contributed by atoms with Crippen LogP contribution < -0.4 is 5.32 Å². The fourth-order valence-electron chi connectivity index (χ4n) is 2.02. The van der Waals surface area contributed by atoms with Gasteiger partial charge in [-0.05, 0) is 37.4 Å². The number of nitrogens with one attached hydrogen (secondary N) is 1. The molecule has 0 bridgehead atoms. The Morgan fingerprint density at radius 3 is 2.71 bits per heavy atom. The van der Waals surface area contributed by atoms with Crippen LogP contribution in [0.4, 0.5) is 0 Å². The average molecular weight is 364 g/mol. The van der Waals surface area contributed by atoms with Crippen molar-refractivity contribution >= 4 is 35.0 Å². The van der Waals surface area contributed by atoms with Gasteiger partial charge in [-0.1, -0.05) is 18.2 Å². The predicted octanol–water partition coefficient (Wildman–Crippen LogP) is 4.11. The predicted molar refractivity (Wildman–Crippen MR) is 98.5 cm³/mol. The Hall–Kier alpha value is -1.79. The van der Waals surface area contributed by atoms with Gasteiger partial charge < -0.3 is 10.1 Å². The first-order valence-corrected chi connectivity index (χ1v) is 9.64. The Bertz CT molecular complexity index is 669. The summed E-state index contributed by atoms with van der Waals surface area (Å²) in [6.45, 7) is 3.88. The van der Waals surface area contributed by atoms with Gasteiger partial charge in [0.15, 0.2) is 0 Å². The van der Waals surface area contributed by atoms with Crippen LogP contribution in [0.25, 0.3) is 0 Å². The summed E-state index contributed by atoms with van der Waals surface area (Å²) in [4.78, 5) is 26.1. The van der Waals surface area contributed by atoms with Crippen LogP contribution in [0.15, 0.2) is 46.7 Å². The van der Waals surface area contributed by atoms with Crippen LogP contribution in [0.1, 0.15) is 35.5 Å². The molecule has 4 nitrogen and oxygen atoms in total. The summed E-state index contributed by atoms with van der Waals surface area (Å²) in [6, 6.07) is 11.6. The van der Waals surface area contributed by atoms with Gasteiger partial charge in [-0.15, -0.1) is 23.1 Å². The second kappa shape index (κ2) is 9.49. The van der Waals surface area contributed by atoms with Crippen molar-refractivity contribution < 1.29 is 14.3 Å². The number of amides is 1. The fourth-order valence-corrected chi connectivity index (χ4v) is 3.84. The van der Waals surface area contributed by atoms with E-state index >= 15 is 0 Å². The Morgan fingerprint density at radius 2 is 2.00 bits per heavy atom. The number of thiophene rings is 1. The van der Waals surface area contributed by atoms with Crippen molar-refractivity contribution in [2.75, 3.05) is 6.54 Å². The highest BCUT2D eigenvalue weighted by Crippen LogP contribution is 2.27. The van der Waals surface area contributed by atoms with E-state index in [2.05, 4.69) is 11.4 Å². The van der Waals surface area contributed by atoms with Gasteiger partial charge in [-0.2, -0.15) is 0 Å². The number of thioether (sulfide) groups is 1. The lowest BCUT2D eigenvalue weighted by Gasteiger charge is -2.10. The van der Waals surface area contributed by atoms with E-state index in [9.17, 15) is 9.59 Å². The molecule has 0 saturated heterocycles. The average Bonchev–Trinajstić information content (AvgIpc) is 3.05. The zero-order valence-corrected chi connectivity index (χ0v) is 15.4. The standard InChI is InChI=1S/C18H21NO3S2/c1-13(2)22-17(20)9-10-19-18(21)15-7-3-4-8-16(15)24-12-14-6-5-11-23-14/h3-8,11,13H,9-10,12H2,1-2H3,(H,19,21). The molecule has 0 unspecified atom stereocenters. The van der Waals surface area contributed by atoms with Crippen LogP contribution in [-0.4, -0.2) is 24.5 Å². The van der Waals surface area contributed by atoms with Crippen molar-refractivity contribution in [3.63, 3.8) is 0 Å². The highest BCUT2D eigenvalue weighted by atomic mass is 32.2. The number of hydrogen-bond acceptors (Lipinski definition) is 5. The molecule has 0 aliphatic carbocycles. The maximum absolute atomic E-state index is 12.4. The number of esters is 1. The van der Waals surface area contributed by atoms with E-state index in [1.165, 1.54) is 4.88 Å². The van der Waals surface area contributed by atoms with E-state index in [4.69, 9.17) is 4.74 Å². The van der Waals surface area contributed by atoms with Gasteiger partial charge in [0.2, 0.25) is 0 Å². The van der Waals surface area contributed by atoms with Gasteiger partial charge in [0.25, 0.3) is 5.91 Å². The summed E-state index contributed by atoms with van der Waals surface area (Å²) in [5.41, 5.74) is 0.635. The third-order valence-corrected chi connectivity index (χ3v) is 5.25. The maximum atomic E-state index is 12.4. The molecule has 0 saturated carbocycles. The van der Waals surface area contributed by atoms with Crippen LogP contribution in [0.5, 0.6) is 0 Å². The SMILES string of the molecule is CC(C)OC(=O)CCNC(=O)c1ccccc1SCc1cccs1. The molecule has 0 aliphatic rings. The van der Waals surface area contributed by atoms with E-state index in [-0.39, 0.29) is 30.9 Å². The van der Waals surface area contributed by atoms with Gasteiger partial charge >= 0.3 is 5.97 Å². The lowest BCUT2D eigenvalue weighted by Crippen LogP contribution is -2.27. The van der Waals surface area contributed by atoms with Crippen molar-refractivity contribution in [1.29, 1.82) is 0 Å². The van der Waals surface area contributed by atoms with Crippen LogP contribution in [-0.2, 0) is 15.3 Å². The minimum atomic E-state index is -0.300. The molecule has 0 fully saturated rings. The number of ether oxygens (including phenoxy) is 1. The third-order valence-electron chi connectivity index (χ3n) is 3.06. The smallest absolute Gasteiger partial charge is 0.307 e. The van der Waals surface area contributed by atoms with E-state index in [0.29, 0.717) is 5.56 Å². The minimum absolute atomic E-state index is 0.137. The lowest BCUT2D eigenvalue weighted by atomic mass is 10.2. The van der Waals surface area contributed by atoms with Crippen LogP contribution in [0.2, 0.25) is 0 Å². The highest BCUT2D eigenvalue weighted by Gasteiger charge is 2.12. The molecule has 0 radical (unpaired) electrons. The summed E-state index contributed by atoms with van der Waals surface area (Å²) >= 11 is 3.34. The molecule has 1 aromatic carbocycles. The van der Waals surface area contributed by atoms with E-state index in [0.717, 1.165) is 10.6 Å². The fraction of sp³-hybridized carbons (Fsp3) is 0.333. The minimum Gasteiger partial charge on any atom is -0.463 e. The molecule has 128 valence electrons. The second-order valence-corrected chi connectivity index (χ2v) is 7.46. The monoisotopic (exact) mass is 363 g/mol. The van der Waals surface area contributed by atoms with Crippen molar-refractivity contribution in [3.05, 3.63) is 52.2 Å². The number of rotatable bonds is 8. The molecule has 2 aromatic rings. The van der Waals surface area contributed by atoms with Gasteiger partial charge in [0.1, 0.15) is 0 Å². The zero-order valence-electron chi connectivity index (χ0n) is 13.8.